The van der Waals surface area contributed by atoms with Crippen LogP contribution in [0, 0.1) is 5.92 Å². The van der Waals surface area contributed by atoms with Crippen LogP contribution in [0.3, 0.4) is 0 Å². The number of hydrogen-bond donors (Lipinski definition) is 1. The van der Waals surface area contributed by atoms with E-state index in [0.717, 1.165) is 12.0 Å². The minimum atomic E-state index is -0.764. The quantitative estimate of drug-likeness (QED) is 0.918. The SMILES string of the molecule is O=C(O)C1CC2(CCN2C(=O)OCc2ccccc2)C1. The Hall–Kier alpha value is -2.04. The van der Waals surface area contributed by atoms with Crippen LogP contribution in [0.15, 0.2) is 30.3 Å². The number of carbonyl (C=O) groups is 2. The Bertz CT molecular complexity index is 522. The predicted molar refractivity (Wildman–Crippen MR) is 71.0 cm³/mol. The summed E-state index contributed by atoms with van der Waals surface area (Å²) in [6.45, 7) is 0.925. The van der Waals surface area contributed by atoms with Crippen molar-refractivity contribution in [2.75, 3.05) is 6.54 Å². The Morgan fingerprint density at radius 2 is 2.00 bits per heavy atom. The van der Waals surface area contributed by atoms with E-state index in [2.05, 4.69) is 0 Å². The van der Waals surface area contributed by atoms with Crippen LogP contribution in [0.4, 0.5) is 4.79 Å². The monoisotopic (exact) mass is 275 g/mol. The predicted octanol–water partition coefficient (Wildman–Crippen LogP) is 2.26. The lowest BCUT2D eigenvalue weighted by atomic mass is 9.61. The number of carboxylic acid groups (broad SMARTS) is 1. The Labute approximate surface area is 117 Å². The lowest BCUT2D eigenvalue weighted by molar-refractivity contribution is -0.158. The summed E-state index contributed by atoms with van der Waals surface area (Å²) in [5, 5.41) is 8.93. The minimum absolute atomic E-state index is 0.239. The maximum Gasteiger partial charge on any atom is 0.410 e. The molecule has 1 aromatic rings. The van der Waals surface area contributed by atoms with E-state index in [4.69, 9.17) is 9.84 Å². The van der Waals surface area contributed by atoms with Gasteiger partial charge in [0, 0.05) is 12.1 Å². The first-order chi connectivity index (χ1) is 9.61. The van der Waals surface area contributed by atoms with Gasteiger partial charge >= 0.3 is 12.1 Å². The van der Waals surface area contributed by atoms with Gasteiger partial charge in [-0.05, 0) is 24.8 Å². The summed E-state index contributed by atoms with van der Waals surface area (Å²) in [6, 6.07) is 9.53. The van der Waals surface area contributed by atoms with E-state index in [0.29, 0.717) is 19.4 Å². The van der Waals surface area contributed by atoms with E-state index in [-0.39, 0.29) is 24.2 Å². The summed E-state index contributed by atoms with van der Waals surface area (Å²) in [4.78, 5) is 24.6. The second-order valence-corrected chi connectivity index (χ2v) is 5.61. The molecule has 2 aliphatic rings. The Morgan fingerprint density at radius 3 is 2.55 bits per heavy atom. The molecule has 1 aliphatic heterocycles. The molecule has 0 bridgehead atoms. The van der Waals surface area contributed by atoms with E-state index >= 15 is 0 Å². The van der Waals surface area contributed by atoms with E-state index in [1.165, 1.54) is 0 Å². The molecular weight excluding hydrogens is 258 g/mol. The maximum atomic E-state index is 12.0. The highest BCUT2D eigenvalue weighted by atomic mass is 16.6. The average molecular weight is 275 g/mol. The topological polar surface area (TPSA) is 66.8 Å². The normalized spacial score (nSPS) is 27.6. The number of amides is 1. The van der Waals surface area contributed by atoms with Gasteiger partial charge in [-0.25, -0.2) is 4.79 Å². The van der Waals surface area contributed by atoms with Crippen molar-refractivity contribution in [2.45, 2.75) is 31.4 Å². The number of carbonyl (C=O) groups excluding carboxylic acids is 1. The minimum Gasteiger partial charge on any atom is -0.481 e. The molecule has 0 aromatic heterocycles. The number of aliphatic carboxylic acids is 1. The van der Waals surface area contributed by atoms with Crippen LogP contribution >= 0.6 is 0 Å². The molecule has 1 saturated heterocycles. The highest BCUT2D eigenvalue weighted by molar-refractivity contribution is 5.75. The summed E-state index contributed by atoms with van der Waals surface area (Å²) in [6.07, 6.45) is 1.67. The van der Waals surface area contributed by atoms with Crippen LogP contribution in [0.25, 0.3) is 0 Å². The standard InChI is InChI=1S/C15H17NO4/c17-13(18)12-8-15(9-12)6-7-16(15)14(19)20-10-11-4-2-1-3-5-11/h1-5,12H,6-10H2,(H,17,18). The second-order valence-electron chi connectivity index (χ2n) is 5.61. The number of likely N-dealkylation sites (tertiary alicyclic amines) is 1. The summed E-state index contributed by atoms with van der Waals surface area (Å²) >= 11 is 0. The zero-order chi connectivity index (χ0) is 14.2. The number of nitrogens with zero attached hydrogens (tertiary/aromatic N) is 1. The van der Waals surface area contributed by atoms with Gasteiger partial charge in [0.05, 0.1) is 5.92 Å². The van der Waals surface area contributed by atoms with Crippen LogP contribution in [-0.4, -0.2) is 34.2 Å². The molecule has 106 valence electrons. The van der Waals surface area contributed by atoms with Crippen molar-refractivity contribution < 1.29 is 19.4 Å². The van der Waals surface area contributed by atoms with Gasteiger partial charge in [-0.15, -0.1) is 0 Å². The van der Waals surface area contributed by atoms with Crippen molar-refractivity contribution in [1.82, 2.24) is 4.90 Å². The summed E-state index contributed by atoms with van der Waals surface area (Å²) < 4.78 is 5.30. The van der Waals surface area contributed by atoms with Crippen LogP contribution in [-0.2, 0) is 16.1 Å². The third-order valence-electron chi connectivity index (χ3n) is 4.40. The van der Waals surface area contributed by atoms with Gasteiger partial charge in [0.2, 0.25) is 0 Å². The molecule has 1 amide bonds. The molecular formula is C15H17NO4. The first-order valence-electron chi connectivity index (χ1n) is 6.82. The lowest BCUT2D eigenvalue weighted by Gasteiger charge is -2.59. The van der Waals surface area contributed by atoms with Gasteiger partial charge in [-0.3, -0.25) is 4.79 Å². The first-order valence-corrected chi connectivity index (χ1v) is 6.82. The van der Waals surface area contributed by atoms with E-state index in [9.17, 15) is 9.59 Å². The number of carboxylic acids is 1. The van der Waals surface area contributed by atoms with Crippen molar-refractivity contribution in [3.63, 3.8) is 0 Å². The van der Waals surface area contributed by atoms with E-state index in [1.807, 2.05) is 30.3 Å². The van der Waals surface area contributed by atoms with Gasteiger partial charge in [-0.2, -0.15) is 0 Å². The molecule has 1 N–H and O–H groups in total. The largest absolute Gasteiger partial charge is 0.481 e. The molecule has 5 heteroatoms. The van der Waals surface area contributed by atoms with Crippen molar-refractivity contribution in [2.24, 2.45) is 5.92 Å². The molecule has 3 rings (SSSR count). The molecule has 0 atom stereocenters. The fourth-order valence-corrected chi connectivity index (χ4v) is 3.08. The smallest absolute Gasteiger partial charge is 0.410 e. The highest BCUT2D eigenvalue weighted by Gasteiger charge is 2.58. The molecule has 1 aliphatic carbocycles. The van der Waals surface area contributed by atoms with Crippen LogP contribution in [0.5, 0.6) is 0 Å². The zero-order valence-corrected chi connectivity index (χ0v) is 11.1. The number of benzene rings is 1. The van der Waals surface area contributed by atoms with Gasteiger partial charge in [-0.1, -0.05) is 30.3 Å². The van der Waals surface area contributed by atoms with Gasteiger partial charge in [0.25, 0.3) is 0 Å². The van der Waals surface area contributed by atoms with Gasteiger partial charge in [0.15, 0.2) is 0 Å². The molecule has 20 heavy (non-hydrogen) atoms. The summed E-state index contributed by atoms with van der Waals surface area (Å²) in [5.74, 6) is -1.07. The third-order valence-corrected chi connectivity index (χ3v) is 4.40. The Balaban J connectivity index is 1.53. The molecule has 0 unspecified atom stereocenters. The van der Waals surface area contributed by atoms with Crippen molar-refractivity contribution in [3.8, 4) is 0 Å². The number of hydrogen-bond acceptors (Lipinski definition) is 3. The molecule has 2 fully saturated rings. The fraction of sp³-hybridized carbons (Fsp3) is 0.467. The summed E-state index contributed by atoms with van der Waals surface area (Å²) in [5.41, 5.74) is 0.712. The van der Waals surface area contributed by atoms with Crippen molar-refractivity contribution in [1.29, 1.82) is 0 Å². The number of rotatable bonds is 3. The van der Waals surface area contributed by atoms with E-state index < -0.39 is 5.97 Å². The fourth-order valence-electron chi connectivity index (χ4n) is 3.08. The van der Waals surface area contributed by atoms with Gasteiger partial charge < -0.3 is 14.7 Å². The Morgan fingerprint density at radius 1 is 1.30 bits per heavy atom. The first kappa shape index (κ1) is 13.0. The summed E-state index contributed by atoms with van der Waals surface area (Å²) in [7, 11) is 0. The van der Waals surface area contributed by atoms with E-state index in [1.54, 1.807) is 4.90 Å². The molecule has 0 radical (unpaired) electrons. The van der Waals surface area contributed by atoms with Crippen LogP contribution in [0.2, 0.25) is 0 Å². The third kappa shape index (κ3) is 2.13. The average Bonchev–Trinajstić information content (AvgIpc) is 2.34. The second kappa shape index (κ2) is 4.81. The van der Waals surface area contributed by atoms with Crippen LogP contribution in [0.1, 0.15) is 24.8 Å². The lowest BCUT2D eigenvalue weighted by Crippen LogP contribution is -2.69. The van der Waals surface area contributed by atoms with Gasteiger partial charge in [0.1, 0.15) is 6.61 Å². The van der Waals surface area contributed by atoms with Crippen molar-refractivity contribution in [3.05, 3.63) is 35.9 Å². The molecule has 5 nitrogen and oxygen atoms in total. The molecule has 1 heterocycles. The molecule has 1 spiro atoms. The molecule has 1 saturated carbocycles. The van der Waals surface area contributed by atoms with Crippen LogP contribution < -0.4 is 0 Å². The molecule has 1 aromatic carbocycles. The maximum absolute atomic E-state index is 12.0. The Kier molecular flexibility index (Phi) is 3.12. The zero-order valence-electron chi connectivity index (χ0n) is 11.1. The van der Waals surface area contributed by atoms with Crippen molar-refractivity contribution >= 4 is 12.1 Å². The number of ether oxygens (including phenoxy) is 1. The highest BCUT2D eigenvalue weighted by Crippen LogP contribution is 2.50.